The minimum absolute atomic E-state index is 0.0702. The van der Waals surface area contributed by atoms with Gasteiger partial charge in [-0.15, -0.1) is 0 Å². The Hall–Kier alpha value is -4.05. The van der Waals surface area contributed by atoms with Crippen molar-refractivity contribution in [3.63, 3.8) is 0 Å². The molecule has 0 aliphatic carbocycles. The van der Waals surface area contributed by atoms with E-state index in [1.165, 1.54) is 22.4 Å². The van der Waals surface area contributed by atoms with E-state index in [9.17, 15) is 0 Å². The zero-order valence-corrected chi connectivity index (χ0v) is 20.0. The van der Waals surface area contributed by atoms with Gasteiger partial charge in [-0.05, 0) is 62.1 Å². The lowest BCUT2D eigenvalue weighted by molar-refractivity contribution is -0.709. The van der Waals surface area contributed by atoms with Gasteiger partial charge in [0.15, 0.2) is 6.20 Å². The summed E-state index contributed by atoms with van der Waals surface area (Å²) >= 11 is 0. The zero-order valence-electron chi connectivity index (χ0n) is 20.0. The Labute approximate surface area is 204 Å². The Morgan fingerprint density at radius 3 is 2.69 bits per heavy atom. The van der Waals surface area contributed by atoms with Crippen molar-refractivity contribution in [1.82, 2.24) is 4.98 Å². The summed E-state index contributed by atoms with van der Waals surface area (Å²) in [6, 6.07) is 23.9. The van der Waals surface area contributed by atoms with Gasteiger partial charge in [0.2, 0.25) is 17.4 Å². The molecule has 4 heteroatoms. The number of aliphatic imine (C=N–C) groups is 1. The topological polar surface area (TPSA) is 42.3 Å². The Balaban J connectivity index is 1.46. The van der Waals surface area contributed by atoms with Crippen LogP contribution in [0, 0.1) is 6.92 Å². The van der Waals surface area contributed by atoms with E-state index in [1.807, 2.05) is 13.0 Å². The van der Waals surface area contributed by atoms with Crippen LogP contribution in [0.1, 0.15) is 47.7 Å². The molecule has 2 unspecified atom stereocenters. The fourth-order valence-electron chi connectivity index (χ4n) is 6.16. The molecule has 0 saturated heterocycles. The number of rotatable bonds is 0. The largest absolute Gasteiger partial charge is 0.437 e. The monoisotopic (exact) mass is 456 g/mol. The summed E-state index contributed by atoms with van der Waals surface area (Å²) in [6.45, 7) is 8.60. The Bertz CT molecular complexity index is 1710. The molecule has 5 aromatic rings. The number of benzene rings is 2. The van der Waals surface area contributed by atoms with E-state index in [1.54, 1.807) is 0 Å². The molecule has 0 saturated carbocycles. The number of allylic oxidation sites excluding steroid dienone is 1. The molecule has 0 amide bonds. The molecular weight excluding hydrogens is 430 g/mol. The molecule has 0 spiro atoms. The molecule has 2 aromatic carbocycles. The van der Waals surface area contributed by atoms with E-state index in [0.717, 1.165) is 51.9 Å². The van der Waals surface area contributed by atoms with E-state index < -0.39 is 0 Å². The van der Waals surface area contributed by atoms with E-state index in [2.05, 4.69) is 89.9 Å². The summed E-state index contributed by atoms with van der Waals surface area (Å²) in [5.74, 6) is 0.289. The molecule has 0 N–H and O–H groups in total. The van der Waals surface area contributed by atoms with Gasteiger partial charge < -0.3 is 4.42 Å². The van der Waals surface area contributed by atoms with Crippen LogP contribution < -0.4 is 4.57 Å². The highest BCUT2D eigenvalue weighted by molar-refractivity contribution is 6.15. The summed E-state index contributed by atoms with van der Waals surface area (Å²) in [6.07, 6.45) is 4.11. The average molecular weight is 457 g/mol. The number of hydrogen-bond acceptors (Lipinski definition) is 3. The van der Waals surface area contributed by atoms with Crippen LogP contribution in [0.3, 0.4) is 0 Å². The van der Waals surface area contributed by atoms with Gasteiger partial charge in [-0.2, -0.15) is 4.57 Å². The first-order valence-corrected chi connectivity index (χ1v) is 12.3. The third-order valence-electron chi connectivity index (χ3n) is 7.68. The van der Waals surface area contributed by atoms with Crippen LogP contribution in [0.15, 0.2) is 94.6 Å². The molecule has 7 rings (SSSR count). The maximum atomic E-state index is 6.38. The zero-order chi connectivity index (χ0) is 23.7. The summed E-state index contributed by atoms with van der Waals surface area (Å²) < 4.78 is 8.75. The second-order valence-corrected chi connectivity index (χ2v) is 9.74. The first-order valence-electron chi connectivity index (χ1n) is 12.3. The van der Waals surface area contributed by atoms with Crippen molar-refractivity contribution in [3.8, 4) is 11.3 Å². The van der Waals surface area contributed by atoms with Crippen LogP contribution in [0.5, 0.6) is 0 Å². The minimum atomic E-state index is 0.0702. The van der Waals surface area contributed by atoms with Crippen LogP contribution in [-0.2, 0) is 6.42 Å². The normalized spacial score (nSPS) is 19.1. The molecular formula is C31H26N3O+. The molecule has 170 valence electrons. The maximum absolute atomic E-state index is 6.38. The van der Waals surface area contributed by atoms with Gasteiger partial charge in [-0.1, -0.05) is 36.9 Å². The third-order valence-corrected chi connectivity index (χ3v) is 7.68. The van der Waals surface area contributed by atoms with Gasteiger partial charge in [0, 0.05) is 45.4 Å². The number of furan rings is 1. The predicted octanol–water partition coefficient (Wildman–Crippen LogP) is 6.85. The van der Waals surface area contributed by atoms with E-state index in [0.29, 0.717) is 5.71 Å². The van der Waals surface area contributed by atoms with Crippen molar-refractivity contribution >= 4 is 27.8 Å². The van der Waals surface area contributed by atoms with Crippen molar-refractivity contribution in [2.45, 2.75) is 38.6 Å². The number of pyridine rings is 2. The summed E-state index contributed by atoms with van der Waals surface area (Å²) in [5.41, 5.74) is 10.6. The molecule has 2 atom stereocenters. The molecule has 2 aliphatic heterocycles. The van der Waals surface area contributed by atoms with Crippen LogP contribution in [-0.4, -0.2) is 10.7 Å². The Morgan fingerprint density at radius 1 is 0.943 bits per heavy atom. The van der Waals surface area contributed by atoms with Crippen LogP contribution >= 0.6 is 0 Å². The standard InChI is InChI=1S/C31H26N3O/c1-18-11-14-26-25-16-13-21-12-15-24-22-8-4-5-9-23(22)27-10-6-7-17-34(27)29(24)20(3)33-19(2)28(21)30(25)35-31(26)32-18/h4-11,13-14,16-17,24,29H,3,12,15H2,1-2H3/q+1. The Kier molecular flexibility index (Phi) is 4.34. The van der Waals surface area contributed by atoms with Gasteiger partial charge in [-0.25, -0.2) is 4.98 Å². The number of fused-ring (bicyclic) bond motifs is 11. The predicted molar refractivity (Wildman–Crippen MR) is 140 cm³/mol. The first-order chi connectivity index (χ1) is 17.1. The van der Waals surface area contributed by atoms with E-state index in [-0.39, 0.29) is 12.0 Å². The SMILES string of the molecule is C=C1N=C(C)c2c(ccc3c2oc2nc(C)ccc23)CCC2c3ccccc3-c3cccc[n+]3C12. The first kappa shape index (κ1) is 20.3. The van der Waals surface area contributed by atoms with Gasteiger partial charge in [-0.3, -0.25) is 4.99 Å². The summed E-state index contributed by atoms with van der Waals surface area (Å²) in [4.78, 5) is 9.80. The number of nitrogens with zero attached hydrogens (tertiary/aromatic N) is 3. The van der Waals surface area contributed by atoms with Crippen LogP contribution in [0.25, 0.3) is 33.3 Å². The second-order valence-electron chi connectivity index (χ2n) is 9.74. The van der Waals surface area contributed by atoms with Crippen LogP contribution in [0.4, 0.5) is 0 Å². The third kappa shape index (κ3) is 2.96. The second kappa shape index (κ2) is 7.47. The van der Waals surface area contributed by atoms with E-state index in [4.69, 9.17) is 9.41 Å². The summed E-state index contributed by atoms with van der Waals surface area (Å²) in [7, 11) is 0. The lowest BCUT2D eigenvalue weighted by atomic mass is 9.78. The van der Waals surface area contributed by atoms with Crippen molar-refractivity contribution in [1.29, 1.82) is 0 Å². The maximum Gasteiger partial charge on any atom is 0.227 e. The number of aryl methyl sites for hydroxylation is 2. The highest BCUT2D eigenvalue weighted by Crippen LogP contribution is 2.44. The fraction of sp³-hybridized carbons (Fsp3) is 0.194. The highest BCUT2D eigenvalue weighted by atomic mass is 16.3. The smallest absolute Gasteiger partial charge is 0.227 e. The quantitative estimate of drug-likeness (QED) is 0.239. The molecule has 2 aliphatic rings. The molecule has 4 nitrogen and oxygen atoms in total. The molecule has 35 heavy (non-hydrogen) atoms. The average Bonchev–Trinajstić information content (AvgIpc) is 3.25. The molecule has 3 aromatic heterocycles. The van der Waals surface area contributed by atoms with Gasteiger partial charge in [0.25, 0.3) is 0 Å². The Morgan fingerprint density at radius 2 is 1.77 bits per heavy atom. The number of hydrogen-bond donors (Lipinski definition) is 0. The van der Waals surface area contributed by atoms with Gasteiger partial charge in [0.05, 0.1) is 5.92 Å². The number of aromatic nitrogens is 2. The molecule has 0 bridgehead atoms. The van der Waals surface area contributed by atoms with Gasteiger partial charge >= 0.3 is 0 Å². The van der Waals surface area contributed by atoms with Crippen molar-refractivity contribution in [2.75, 3.05) is 0 Å². The van der Waals surface area contributed by atoms with Crippen molar-refractivity contribution in [3.05, 3.63) is 108 Å². The minimum Gasteiger partial charge on any atom is -0.437 e. The lowest BCUT2D eigenvalue weighted by Gasteiger charge is -2.30. The van der Waals surface area contributed by atoms with Gasteiger partial charge in [0.1, 0.15) is 11.3 Å². The van der Waals surface area contributed by atoms with Crippen LogP contribution in [0.2, 0.25) is 0 Å². The van der Waals surface area contributed by atoms with Crippen molar-refractivity contribution < 1.29 is 8.98 Å². The lowest BCUT2D eigenvalue weighted by Crippen LogP contribution is -2.48. The molecule has 0 fully saturated rings. The summed E-state index contributed by atoms with van der Waals surface area (Å²) in [5, 5.41) is 2.14. The molecule has 0 radical (unpaired) electrons. The van der Waals surface area contributed by atoms with E-state index >= 15 is 0 Å². The fourth-order valence-corrected chi connectivity index (χ4v) is 6.16. The van der Waals surface area contributed by atoms with Crippen molar-refractivity contribution in [2.24, 2.45) is 4.99 Å². The molecule has 5 heterocycles. The highest BCUT2D eigenvalue weighted by Gasteiger charge is 2.42.